The molecule has 1 unspecified atom stereocenters. The molecular weight excluding hydrogens is 201 g/mol. The van der Waals surface area contributed by atoms with E-state index < -0.39 is 17.8 Å². The first-order chi connectivity index (χ1) is 7.06. The topological polar surface area (TPSA) is 72.5 Å². The van der Waals surface area contributed by atoms with Crippen LogP contribution in [0.25, 0.3) is 0 Å². The van der Waals surface area contributed by atoms with Crippen LogP contribution in [0, 0.1) is 5.82 Å². The molecule has 1 aromatic carbocycles. The summed E-state index contributed by atoms with van der Waals surface area (Å²) in [4.78, 5) is 10.5. The lowest BCUT2D eigenvalue weighted by molar-refractivity contribution is -0.137. The number of methoxy groups -OCH3 is 1. The molecule has 4 nitrogen and oxygen atoms in total. The summed E-state index contributed by atoms with van der Waals surface area (Å²) in [6.45, 7) is 0. The summed E-state index contributed by atoms with van der Waals surface area (Å²) in [7, 11) is 1.31. The Bertz CT molecular complexity index is 368. The largest absolute Gasteiger partial charge is 0.493 e. The number of hydrogen-bond acceptors (Lipinski definition) is 3. The van der Waals surface area contributed by atoms with Crippen LogP contribution in [0.4, 0.5) is 4.39 Å². The van der Waals surface area contributed by atoms with Crippen LogP contribution in [-0.4, -0.2) is 18.2 Å². The first kappa shape index (κ1) is 11.5. The van der Waals surface area contributed by atoms with Crippen molar-refractivity contribution in [2.24, 2.45) is 5.73 Å². The van der Waals surface area contributed by atoms with Crippen molar-refractivity contribution in [1.82, 2.24) is 0 Å². The summed E-state index contributed by atoms with van der Waals surface area (Å²) >= 11 is 0. The van der Waals surface area contributed by atoms with Gasteiger partial charge in [0.2, 0.25) is 0 Å². The van der Waals surface area contributed by atoms with Gasteiger partial charge in [-0.25, -0.2) is 4.39 Å². The highest BCUT2D eigenvalue weighted by molar-refractivity contribution is 5.68. The second-order valence-corrected chi connectivity index (χ2v) is 3.07. The molecule has 1 atom stereocenters. The Hall–Kier alpha value is -1.62. The third-order valence-electron chi connectivity index (χ3n) is 2.00. The van der Waals surface area contributed by atoms with Crippen molar-refractivity contribution < 1.29 is 19.0 Å². The number of nitrogens with two attached hydrogens (primary N) is 1. The molecule has 0 radical (unpaired) electrons. The van der Waals surface area contributed by atoms with E-state index in [1.165, 1.54) is 19.2 Å². The lowest BCUT2D eigenvalue weighted by Gasteiger charge is -2.14. The smallest absolute Gasteiger partial charge is 0.305 e. The van der Waals surface area contributed by atoms with Crippen molar-refractivity contribution in [1.29, 1.82) is 0 Å². The minimum Gasteiger partial charge on any atom is -0.493 e. The molecule has 1 rings (SSSR count). The standard InChI is InChI=1S/C10H12FNO3/c1-15-10-6(3-2-4-7(10)11)8(12)5-9(13)14/h2-4,8H,5,12H2,1H3,(H,13,14). The number of aliphatic carboxylic acids is 1. The third kappa shape index (κ3) is 2.66. The summed E-state index contributed by atoms with van der Waals surface area (Å²) in [5.74, 6) is -1.57. The van der Waals surface area contributed by atoms with Crippen LogP contribution in [0.2, 0.25) is 0 Å². The Morgan fingerprint density at radius 2 is 2.33 bits per heavy atom. The van der Waals surface area contributed by atoms with E-state index >= 15 is 0 Å². The van der Waals surface area contributed by atoms with Crippen molar-refractivity contribution in [3.8, 4) is 5.75 Å². The molecule has 0 amide bonds. The SMILES string of the molecule is COc1c(F)cccc1C(N)CC(=O)O. The number of hydrogen-bond donors (Lipinski definition) is 2. The van der Waals surface area contributed by atoms with Crippen LogP contribution in [0.5, 0.6) is 5.75 Å². The van der Waals surface area contributed by atoms with Crippen molar-refractivity contribution in [2.45, 2.75) is 12.5 Å². The Labute approximate surface area is 86.5 Å². The average Bonchev–Trinajstić information content (AvgIpc) is 2.16. The molecule has 0 fully saturated rings. The maximum absolute atomic E-state index is 13.2. The van der Waals surface area contributed by atoms with Gasteiger partial charge in [0.15, 0.2) is 11.6 Å². The van der Waals surface area contributed by atoms with Gasteiger partial charge in [0.05, 0.1) is 13.5 Å². The molecule has 0 saturated carbocycles. The van der Waals surface area contributed by atoms with Gasteiger partial charge in [0, 0.05) is 11.6 Å². The fraction of sp³-hybridized carbons (Fsp3) is 0.300. The highest BCUT2D eigenvalue weighted by Gasteiger charge is 2.17. The van der Waals surface area contributed by atoms with Crippen LogP contribution < -0.4 is 10.5 Å². The Morgan fingerprint density at radius 1 is 1.67 bits per heavy atom. The predicted molar refractivity (Wildman–Crippen MR) is 52.1 cm³/mol. The van der Waals surface area contributed by atoms with E-state index in [9.17, 15) is 9.18 Å². The van der Waals surface area contributed by atoms with Crippen molar-refractivity contribution >= 4 is 5.97 Å². The molecular formula is C10H12FNO3. The molecule has 82 valence electrons. The number of para-hydroxylation sites is 1. The summed E-state index contributed by atoms with van der Waals surface area (Å²) in [5.41, 5.74) is 5.97. The Morgan fingerprint density at radius 3 is 2.87 bits per heavy atom. The van der Waals surface area contributed by atoms with E-state index in [-0.39, 0.29) is 12.2 Å². The Kier molecular flexibility index (Phi) is 3.62. The van der Waals surface area contributed by atoms with E-state index in [0.717, 1.165) is 0 Å². The number of carboxylic acid groups (broad SMARTS) is 1. The number of benzene rings is 1. The number of carbonyl (C=O) groups is 1. The molecule has 1 aromatic rings. The highest BCUT2D eigenvalue weighted by atomic mass is 19.1. The van der Waals surface area contributed by atoms with Crippen molar-refractivity contribution in [3.05, 3.63) is 29.6 Å². The second-order valence-electron chi connectivity index (χ2n) is 3.07. The number of carboxylic acids is 1. The molecule has 0 aromatic heterocycles. The average molecular weight is 213 g/mol. The van der Waals surface area contributed by atoms with Gasteiger partial charge >= 0.3 is 5.97 Å². The van der Waals surface area contributed by atoms with E-state index in [1.807, 2.05) is 0 Å². The zero-order chi connectivity index (χ0) is 11.4. The maximum Gasteiger partial charge on any atom is 0.305 e. The monoisotopic (exact) mass is 213 g/mol. The normalized spacial score (nSPS) is 12.2. The van der Waals surface area contributed by atoms with Gasteiger partial charge in [-0.3, -0.25) is 4.79 Å². The van der Waals surface area contributed by atoms with Crippen LogP contribution in [-0.2, 0) is 4.79 Å². The van der Waals surface area contributed by atoms with Crippen LogP contribution in [0.15, 0.2) is 18.2 Å². The van der Waals surface area contributed by atoms with E-state index in [4.69, 9.17) is 15.6 Å². The molecule has 3 N–H and O–H groups in total. The second kappa shape index (κ2) is 4.75. The third-order valence-corrected chi connectivity index (χ3v) is 2.00. The number of ether oxygens (including phenoxy) is 1. The first-order valence-corrected chi connectivity index (χ1v) is 4.36. The molecule has 0 aliphatic carbocycles. The molecule has 0 aliphatic heterocycles. The van der Waals surface area contributed by atoms with Gasteiger partial charge in [0.1, 0.15) is 0 Å². The quantitative estimate of drug-likeness (QED) is 0.790. The molecule has 15 heavy (non-hydrogen) atoms. The lowest BCUT2D eigenvalue weighted by Crippen LogP contribution is -2.16. The van der Waals surface area contributed by atoms with Crippen LogP contribution in [0.3, 0.4) is 0 Å². The molecule has 0 aliphatic rings. The number of rotatable bonds is 4. The lowest BCUT2D eigenvalue weighted by atomic mass is 10.0. The molecule has 5 heteroatoms. The van der Waals surface area contributed by atoms with Gasteiger partial charge in [-0.05, 0) is 6.07 Å². The van der Waals surface area contributed by atoms with Gasteiger partial charge in [-0.1, -0.05) is 12.1 Å². The van der Waals surface area contributed by atoms with E-state index in [2.05, 4.69) is 0 Å². The fourth-order valence-electron chi connectivity index (χ4n) is 1.33. The molecule has 0 heterocycles. The highest BCUT2D eigenvalue weighted by Crippen LogP contribution is 2.28. The van der Waals surface area contributed by atoms with Crippen LogP contribution >= 0.6 is 0 Å². The van der Waals surface area contributed by atoms with Gasteiger partial charge in [0.25, 0.3) is 0 Å². The maximum atomic E-state index is 13.2. The van der Waals surface area contributed by atoms with Gasteiger partial charge in [-0.2, -0.15) is 0 Å². The molecule has 0 saturated heterocycles. The summed E-state index contributed by atoms with van der Waals surface area (Å²) in [6, 6.07) is 3.48. The Balaban J connectivity index is 3.02. The fourth-order valence-corrected chi connectivity index (χ4v) is 1.33. The summed E-state index contributed by atoms with van der Waals surface area (Å²) in [6.07, 6.45) is -0.264. The molecule has 0 bridgehead atoms. The first-order valence-electron chi connectivity index (χ1n) is 4.36. The zero-order valence-corrected chi connectivity index (χ0v) is 8.24. The zero-order valence-electron chi connectivity index (χ0n) is 8.24. The van der Waals surface area contributed by atoms with E-state index in [1.54, 1.807) is 6.07 Å². The number of halogens is 1. The van der Waals surface area contributed by atoms with Gasteiger partial charge in [-0.15, -0.1) is 0 Å². The van der Waals surface area contributed by atoms with Crippen molar-refractivity contribution in [2.75, 3.05) is 7.11 Å². The van der Waals surface area contributed by atoms with E-state index in [0.29, 0.717) is 5.56 Å². The van der Waals surface area contributed by atoms with Crippen LogP contribution in [0.1, 0.15) is 18.0 Å². The van der Waals surface area contributed by atoms with Crippen molar-refractivity contribution in [3.63, 3.8) is 0 Å². The van der Waals surface area contributed by atoms with Gasteiger partial charge < -0.3 is 15.6 Å². The summed E-state index contributed by atoms with van der Waals surface area (Å²) in [5, 5.41) is 8.56. The minimum absolute atomic E-state index is 0.00579. The summed E-state index contributed by atoms with van der Waals surface area (Å²) < 4.78 is 18.1. The predicted octanol–water partition coefficient (Wildman–Crippen LogP) is 1.31. The minimum atomic E-state index is -1.03. The molecule has 0 spiro atoms.